The van der Waals surface area contributed by atoms with Gasteiger partial charge in [-0.2, -0.15) is 0 Å². The summed E-state index contributed by atoms with van der Waals surface area (Å²) < 4.78 is 21.6. The Morgan fingerprint density at radius 1 is 1.22 bits per heavy atom. The number of halogens is 1. The molecule has 2 aromatic heterocycles. The van der Waals surface area contributed by atoms with Crippen LogP contribution in [0.4, 0.5) is 20.6 Å². The van der Waals surface area contributed by atoms with Crippen LogP contribution in [0.1, 0.15) is 17.4 Å². The summed E-state index contributed by atoms with van der Waals surface area (Å²) in [7, 11) is 0. The third-order valence-electron chi connectivity index (χ3n) is 5.72. The van der Waals surface area contributed by atoms with Crippen LogP contribution in [0.5, 0.6) is 0 Å². The van der Waals surface area contributed by atoms with Gasteiger partial charge in [0.1, 0.15) is 23.9 Å². The summed E-state index contributed by atoms with van der Waals surface area (Å²) in [4.78, 5) is 45.6. The third kappa shape index (κ3) is 4.58. The number of nitrogens with one attached hydrogen (secondary N) is 2. The Balaban J connectivity index is 1.31. The fourth-order valence-electron chi connectivity index (χ4n) is 3.96. The van der Waals surface area contributed by atoms with Crippen LogP contribution in [-0.2, 0) is 9.53 Å². The number of ether oxygens (including phenoxy) is 1. The summed E-state index contributed by atoms with van der Waals surface area (Å²) >= 11 is 0. The van der Waals surface area contributed by atoms with Crippen LogP contribution in [0, 0.1) is 5.82 Å². The topological polar surface area (TPSA) is 118 Å². The van der Waals surface area contributed by atoms with Crippen molar-refractivity contribution in [1.82, 2.24) is 19.9 Å². The molecule has 182 valence electrons. The summed E-state index contributed by atoms with van der Waals surface area (Å²) in [6.07, 6.45) is 4.96. The van der Waals surface area contributed by atoms with E-state index in [0.717, 1.165) is 10.8 Å². The molecule has 1 saturated heterocycles. The Hall–Kier alpha value is -4.80. The van der Waals surface area contributed by atoms with Crippen molar-refractivity contribution >= 4 is 40.1 Å². The average molecular weight is 488 g/mol. The quantitative estimate of drug-likeness (QED) is 0.430. The highest BCUT2D eigenvalue weighted by Crippen LogP contribution is 2.26. The van der Waals surface area contributed by atoms with Crippen LogP contribution >= 0.6 is 0 Å². The summed E-state index contributed by atoms with van der Waals surface area (Å²) in [6, 6.07) is 11.6. The van der Waals surface area contributed by atoms with E-state index in [9.17, 15) is 14.4 Å². The number of rotatable bonds is 6. The Morgan fingerprint density at radius 3 is 2.89 bits per heavy atom. The highest BCUT2D eigenvalue weighted by molar-refractivity contribution is 6.08. The standard InChI is InChI=1S/C25H21FN6O4/c1-15(33)28-11-18-12-32(25(35)36-18)17-5-6-23(20(26)9-17)31-13-22(29-14-31)24(34)30-21-4-2-3-16-10-27-8-7-19(16)21/h2-10,13-14,18H,11-12H2,1H3,(H,28,33)(H,30,34). The lowest BCUT2D eigenvalue weighted by Crippen LogP contribution is -2.33. The van der Waals surface area contributed by atoms with Crippen LogP contribution in [0.15, 0.2) is 67.4 Å². The van der Waals surface area contributed by atoms with E-state index >= 15 is 4.39 Å². The number of nitrogens with zero attached hydrogens (tertiary/aromatic N) is 4. The minimum atomic E-state index is -0.622. The minimum Gasteiger partial charge on any atom is -0.442 e. The zero-order valence-corrected chi connectivity index (χ0v) is 19.1. The summed E-state index contributed by atoms with van der Waals surface area (Å²) in [5, 5.41) is 7.14. The molecule has 1 aliphatic rings. The van der Waals surface area contributed by atoms with Gasteiger partial charge >= 0.3 is 6.09 Å². The number of benzene rings is 2. The largest absolute Gasteiger partial charge is 0.442 e. The van der Waals surface area contributed by atoms with Gasteiger partial charge in [0.05, 0.1) is 24.5 Å². The van der Waals surface area contributed by atoms with E-state index in [1.165, 1.54) is 41.0 Å². The van der Waals surface area contributed by atoms with Crippen molar-refractivity contribution < 1.29 is 23.5 Å². The number of pyridine rings is 1. The van der Waals surface area contributed by atoms with E-state index in [0.29, 0.717) is 11.4 Å². The number of cyclic esters (lactones) is 1. The number of fused-ring (bicyclic) bond motifs is 1. The summed E-state index contributed by atoms with van der Waals surface area (Å²) in [5.74, 6) is -1.29. The second-order valence-corrected chi connectivity index (χ2v) is 8.21. The summed E-state index contributed by atoms with van der Waals surface area (Å²) in [5.41, 5.74) is 1.19. The van der Waals surface area contributed by atoms with Crippen molar-refractivity contribution in [3.8, 4) is 5.69 Å². The van der Waals surface area contributed by atoms with Crippen LogP contribution in [0.3, 0.4) is 0 Å². The van der Waals surface area contributed by atoms with Gasteiger partial charge in [-0.05, 0) is 30.3 Å². The van der Waals surface area contributed by atoms with Crippen molar-refractivity contribution in [2.75, 3.05) is 23.3 Å². The molecule has 0 saturated carbocycles. The number of hydrogen-bond donors (Lipinski definition) is 2. The molecule has 3 heterocycles. The van der Waals surface area contributed by atoms with Gasteiger partial charge in [0, 0.05) is 42.0 Å². The second-order valence-electron chi connectivity index (χ2n) is 8.21. The highest BCUT2D eigenvalue weighted by Gasteiger charge is 2.32. The number of hydrogen-bond acceptors (Lipinski definition) is 6. The molecule has 0 aliphatic carbocycles. The van der Waals surface area contributed by atoms with E-state index in [4.69, 9.17) is 4.74 Å². The third-order valence-corrected chi connectivity index (χ3v) is 5.72. The fraction of sp³-hybridized carbons (Fsp3) is 0.160. The van der Waals surface area contributed by atoms with Crippen LogP contribution in [0.2, 0.25) is 0 Å². The number of carbonyl (C=O) groups excluding carboxylic acids is 3. The smallest absolute Gasteiger partial charge is 0.414 e. The molecule has 10 nitrogen and oxygen atoms in total. The monoisotopic (exact) mass is 488 g/mol. The van der Waals surface area contributed by atoms with Gasteiger partial charge in [0.25, 0.3) is 5.91 Å². The van der Waals surface area contributed by atoms with E-state index in [1.807, 2.05) is 12.1 Å². The molecular formula is C25H21FN6O4. The number of amides is 3. The van der Waals surface area contributed by atoms with E-state index in [2.05, 4.69) is 20.6 Å². The van der Waals surface area contributed by atoms with Gasteiger partial charge in [0.15, 0.2) is 0 Å². The molecule has 0 spiro atoms. The number of imidazole rings is 1. The number of aromatic nitrogens is 3. The normalized spacial score (nSPS) is 15.1. The first kappa shape index (κ1) is 23.0. The maximum absolute atomic E-state index is 15.0. The molecule has 1 unspecified atom stereocenters. The van der Waals surface area contributed by atoms with Crippen molar-refractivity contribution in [3.63, 3.8) is 0 Å². The predicted octanol–water partition coefficient (Wildman–Crippen LogP) is 3.27. The summed E-state index contributed by atoms with van der Waals surface area (Å²) in [6.45, 7) is 1.72. The molecule has 36 heavy (non-hydrogen) atoms. The molecule has 3 amide bonds. The van der Waals surface area contributed by atoms with Crippen LogP contribution in [-0.4, -0.2) is 51.6 Å². The predicted molar refractivity (Wildman–Crippen MR) is 130 cm³/mol. The molecule has 0 radical (unpaired) electrons. The zero-order chi connectivity index (χ0) is 25.2. The minimum absolute atomic E-state index is 0.105. The lowest BCUT2D eigenvalue weighted by Gasteiger charge is -2.14. The molecule has 2 N–H and O–H groups in total. The van der Waals surface area contributed by atoms with Crippen LogP contribution < -0.4 is 15.5 Å². The molecule has 5 rings (SSSR count). The van der Waals surface area contributed by atoms with E-state index < -0.39 is 23.9 Å². The molecule has 11 heteroatoms. The Kier molecular flexibility index (Phi) is 6.03. The van der Waals surface area contributed by atoms with Gasteiger partial charge in [-0.25, -0.2) is 14.2 Å². The molecule has 0 bridgehead atoms. The first-order valence-corrected chi connectivity index (χ1v) is 11.1. The van der Waals surface area contributed by atoms with Gasteiger partial charge in [-0.1, -0.05) is 12.1 Å². The van der Waals surface area contributed by atoms with E-state index in [-0.39, 0.29) is 30.4 Å². The Morgan fingerprint density at radius 2 is 2.08 bits per heavy atom. The Bertz CT molecular complexity index is 1480. The number of anilines is 2. The molecule has 4 aromatic rings. The molecule has 1 aliphatic heterocycles. The lowest BCUT2D eigenvalue weighted by molar-refractivity contribution is -0.119. The van der Waals surface area contributed by atoms with Crippen molar-refractivity contribution in [2.24, 2.45) is 0 Å². The maximum atomic E-state index is 15.0. The Labute approximate surface area is 204 Å². The van der Waals surface area contributed by atoms with Crippen molar-refractivity contribution in [3.05, 3.63) is 78.9 Å². The lowest BCUT2D eigenvalue weighted by atomic mass is 10.1. The van der Waals surface area contributed by atoms with Gasteiger partial charge in [-0.15, -0.1) is 0 Å². The van der Waals surface area contributed by atoms with Gasteiger partial charge in [0.2, 0.25) is 5.91 Å². The maximum Gasteiger partial charge on any atom is 0.414 e. The van der Waals surface area contributed by atoms with Gasteiger partial charge in [-0.3, -0.25) is 19.5 Å². The zero-order valence-electron chi connectivity index (χ0n) is 19.1. The first-order chi connectivity index (χ1) is 17.4. The van der Waals surface area contributed by atoms with Crippen LogP contribution in [0.25, 0.3) is 16.5 Å². The van der Waals surface area contributed by atoms with Crippen molar-refractivity contribution in [2.45, 2.75) is 13.0 Å². The fourth-order valence-corrected chi connectivity index (χ4v) is 3.96. The molecule has 1 fully saturated rings. The number of carbonyl (C=O) groups is 3. The SMILES string of the molecule is CC(=O)NCC1CN(c2ccc(-n3cnc(C(=O)Nc4cccc5cnccc45)c3)c(F)c2)C(=O)O1. The molecule has 2 aromatic carbocycles. The molecular weight excluding hydrogens is 467 g/mol. The van der Waals surface area contributed by atoms with E-state index in [1.54, 1.807) is 30.6 Å². The second kappa shape index (κ2) is 9.45. The first-order valence-electron chi connectivity index (χ1n) is 11.1. The molecule has 1 atom stereocenters. The van der Waals surface area contributed by atoms with Gasteiger partial charge < -0.3 is 19.9 Å². The highest BCUT2D eigenvalue weighted by atomic mass is 19.1. The van der Waals surface area contributed by atoms with Crippen molar-refractivity contribution in [1.29, 1.82) is 0 Å². The average Bonchev–Trinajstić information content (AvgIpc) is 3.50.